The Morgan fingerprint density at radius 1 is 1.21 bits per heavy atom. The van der Waals surface area contributed by atoms with Crippen LogP contribution in [0.4, 0.5) is 4.39 Å². The first-order valence-electron chi connectivity index (χ1n) is 7.49. The summed E-state index contributed by atoms with van der Waals surface area (Å²) in [6, 6.07) is 10.0. The molecule has 0 bridgehead atoms. The van der Waals surface area contributed by atoms with E-state index in [9.17, 15) is 9.18 Å². The summed E-state index contributed by atoms with van der Waals surface area (Å²) >= 11 is 0. The van der Waals surface area contributed by atoms with Crippen molar-refractivity contribution >= 4 is 16.9 Å². The molecule has 0 atom stereocenters. The maximum absolute atomic E-state index is 13.7. The quantitative estimate of drug-likeness (QED) is 0.783. The van der Waals surface area contributed by atoms with Gasteiger partial charge in [-0.25, -0.2) is 4.39 Å². The van der Waals surface area contributed by atoms with E-state index in [1.807, 2.05) is 24.3 Å². The molecule has 0 aliphatic carbocycles. The third-order valence-electron chi connectivity index (χ3n) is 3.66. The zero-order valence-electron chi connectivity index (χ0n) is 13.1. The highest BCUT2D eigenvalue weighted by atomic mass is 19.1. The number of amides is 1. The molecule has 1 heterocycles. The van der Waals surface area contributed by atoms with Gasteiger partial charge in [0, 0.05) is 25.0 Å². The van der Waals surface area contributed by atoms with Gasteiger partial charge in [0.1, 0.15) is 17.1 Å². The number of ether oxygens (including phenoxy) is 1. The molecular weight excluding hydrogens is 309 g/mol. The number of methoxy groups -OCH3 is 1. The van der Waals surface area contributed by atoms with Gasteiger partial charge < -0.3 is 10.1 Å². The Balaban J connectivity index is 1.74. The Bertz CT molecular complexity index is 883. The third-order valence-corrected chi connectivity index (χ3v) is 3.66. The zero-order valence-corrected chi connectivity index (χ0v) is 13.1. The van der Waals surface area contributed by atoms with Crippen LogP contribution in [0.15, 0.2) is 48.8 Å². The molecule has 2 aromatic carbocycles. The lowest BCUT2D eigenvalue weighted by molar-refractivity contribution is 0.0955. The lowest BCUT2D eigenvalue weighted by Gasteiger charge is -2.10. The molecule has 24 heavy (non-hydrogen) atoms. The largest absolute Gasteiger partial charge is 0.496 e. The summed E-state index contributed by atoms with van der Waals surface area (Å²) in [6.45, 7) is 0.400. The van der Waals surface area contributed by atoms with Gasteiger partial charge in [0.25, 0.3) is 5.91 Å². The Kier molecular flexibility index (Phi) is 4.65. The highest BCUT2D eigenvalue weighted by Crippen LogP contribution is 2.18. The molecule has 0 saturated heterocycles. The molecule has 3 rings (SSSR count). The van der Waals surface area contributed by atoms with E-state index in [0.29, 0.717) is 24.0 Å². The number of carbonyl (C=O) groups excluding carboxylic acids is 1. The normalized spacial score (nSPS) is 10.6. The number of nitrogens with zero attached hydrogens (tertiary/aromatic N) is 2. The minimum absolute atomic E-state index is 0.179. The van der Waals surface area contributed by atoms with E-state index in [1.165, 1.54) is 24.5 Å². The standard InChI is InChI=1S/C18H16FN3O2/c1-24-16-5-3-2-4-12(16)6-7-22-18(23)14-10-13(19)11-15-17(14)21-9-8-20-15/h2-5,8-11H,6-7H2,1H3,(H,22,23). The molecule has 0 unspecified atom stereocenters. The highest BCUT2D eigenvalue weighted by Gasteiger charge is 2.13. The van der Waals surface area contributed by atoms with Crippen molar-refractivity contribution in [3.05, 3.63) is 65.7 Å². The maximum Gasteiger partial charge on any atom is 0.253 e. The summed E-state index contributed by atoms with van der Waals surface area (Å²) in [5, 5.41) is 2.79. The fourth-order valence-electron chi connectivity index (χ4n) is 2.53. The van der Waals surface area contributed by atoms with Crippen LogP contribution < -0.4 is 10.1 Å². The van der Waals surface area contributed by atoms with Crippen molar-refractivity contribution in [2.24, 2.45) is 0 Å². The van der Waals surface area contributed by atoms with Gasteiger partial charge in [-0.1, -0.05) is 18.2 Å². The summed E-state index contributed by atoms with van der Waals surface area (Å²) < 4.78 is 19.0. The molecule has 0 spiro atoms. The number of para-hydroxylation sites is 1. The van der Waals surface area contributed by atoms with Gasteiger partial charge >= 0.3 is 0 Å². The van der Waals surface area contributed by atoms with Crippen molar-refractivity contribution < 1.29 is 13.9 Å². The molecule has 1 N–H and O–H groups in total. The molecule has 0 saturated carbocycles. The highest BCUT2D eigenvalue weighted by molar-refractivity contribution is 6.04. The molecule has 5 nitrogen and oxygen atoms in total. The molecule has 122 valence electrons. The summed E-state index contributed by atoms with van der Waals surface area (Å²) in [5.41, 5.74) is 1.91. The fraction of sp³-hybridized carbons (Fsp3) is 0.167. The number of hydrogen-bond acceptors (Lipinski definition) is 4. The van der Waals surface area contributed by atoms with Crippen LogP contribution in [-0.2, 0) is 6.42 Å². The van der Waals surface area contributed by atoms with E-state index >= 15 is 0 Å². The van der Waals surface area contributed by atoms with Crippen molar-refractivity contribution in [3.63, 3.8) is 0 Å². The molecule has 3 aromatic rings. The van der Waals surface area contributed by atoms with Crippen LogP contribution in [0, 0.1) is 5.82 Å². The Morgan fingerprint density at radius 2 is 2.00 bits per heavy atom. The fourth-order valence-corrected chi connectivity index (χ4v) is 2.53. The number of benzene rings is 2. The van der Waals surface area contributed by atoms with Crippen LogP contribution in [0.3, 0.4) is 0 Å². The van der Waals surface area contributed by atoms with Crippen molar-refractivity contribution in [1.29, 1.82) is 0 Å². The number of nitrogens with one attached hydrogen (secondary N) is 1. The second-order valence-corrected chi connectivity index (χ2v) is 5.20. The smallest absolute Gasteiger partial charge is 0.253 e. The van der Waals surface area contributed by atoms with Crippen LogP contribution in [0.2, 0.25) is 0 Å². The van der Waals surface area contributed by atoms with Gasteiger partial charge in [-0.15, -0.1) is 0 Å². The van der Waals surface area contributed by atoms with Gasteiger partial charge in [-0.3, -0.25) is 14.8 Å². The maximum atomic E-state index is 13.7. The first-order chi connectivity index (χ1) is 11.7. The molecule has 0 radical (unpaired) electrons. The molecule has 0 fully saturated rings. The molecule has 6 heteroatoms. The minimum atomic E-state index is -0.516. The van der Waals surface area contributed by atoms with Gasteiger partial charge in [-0.2, -0.15) is 0 Å². The van der Waals surface area contributed by atoms with Crippen LogP contribution in [0.1, 0.15) is 15.9 Å². The lowest BCUT2D eigenvalue weighted by Crippen LogP contribution is -2.26. The summed E-state index contributed by atoms with van der Waals surface area (Å²) in [4.78, 5) is 20.5. The Labute approximate surface area is 138 Å². The minimum Gasteiger partial charge on any atom is -0.496 e. The second kappa shape index (κ2) is 7.04. The lowest BCUT2D eigenvalue weighted by atomic mass is 10.1. The number of rotatable bonds is 5. The zero-order chi connectivity index (χ0) is 16.9. The van der Waals surface area contributed by atoms with Gasteiger partial charge in [0.2, 0.25) is 0 Å². The first kappa shape index (κ1) is 15.9. The van der Waals surface area contributed by atoms with Crippen molar-refractivity contribution in [2.75, 3.05) is 13.7 Å². The predicted molar refractivity (Wildman–Crippen MR) is 88.5 cm³/mol. The number of halogens is 1. The summed E-state index contributed by atoms with van der Waals surface area (Å²) in [5.74, 6) is -0.124. The van der Waals surface area contributed by atoms with E-state index in [2.05, 4.69) is 15.3 Å². The van der Waals surface area contributed by atoms with Gasteiger partial charge in [0.15, 0.2) is 0 Å². The average molecular weight is 325 g/mol. The number of aromatic nitrogens is 2. The van der Waals surface area contributed by atoms with Crippen molar-refractivity contribution in [2.45, 2.75) is 6.42 Å². The molecular formula is C18H16FN3O2. The SMILES string of the molecule is COc1ccccc1CCNC(=O)c1cc(F)cc2nccnc12. The number of carbonyl (C=O) groups is 1. The van der Waals surface area contributed by atoms with E-state index < -0.39 is 5.82 Å². The molecule has 1 aromatic heterocycles. The Morgan fingerprint density at radius 3 is 2.83 bits per heavy atom. The molecule has 1 amide bonds. The Hall–Kier alpha value is -3.02. The van der Waals surface area contributed by atoms with Crippen LogP contribution in [0.25, 0.3) is 11.0 Å². The van der Waals surface area contributed by atoms with Crippen molar-refractivity contribution in [1.82, 2.24) is 15.3 Å². The van der Waals surface area contributed by atoms with E-state index in [0.717, 1.165) is 11.3 Å². The number of fused-ring (bicyclic) bond motifs is 1. The summed E-state index contributed by atoms with van der Waals surface area (Å²) in [6.07, 6.45) is 3.55. The topological polar surface area (TPSA) is 64.1 Å². The monoisotopic (exact) mass is 325 g/mol. The van der Waals surface area contributed by atoms with E-state index in [4.69, 9.17) is 4.74 Å². The first-order valence-corrected chi connectivity index (χ1v) is 7.49. The number of hydrogen-bond donors (Lipinski definition) is 1. The van der Waals surface area contributed by atoms with Gasteiger partial charge in [-0.05, 0) is 24.1 Å². The third kappa shape index (κ3) is 3.32. The van der Waals surface area contributed by atoms with Crippen LogP contribution in [0.5, 0.6) is 5.75 Å². The van der Waals surface area contributed by atoms with Crippen LogP contribution >= 0.6 is 0 Å². The predicted octanol–water partition coefficient (Wildman–Crippen LogP) is 2.75. The van der Waals surface area contributed by atoms with Crippen LogP contribution in [-0.4, -0.2) is 29.5 Å². The average Bonchev–Trinajstić information content (AvgIpc) is 2.61. The van der Waals surface area contributed by atoms with Gasteiger partial charge in [0.05, 0.1) is 18.2 Å². The molecule has 0 aliphatic heterocycles. The van der Waals surface area contributed by atoms with E-state index in [-0.39, 0.29) is 11.5 Å². The van der Waals surface area contributed by atoms with Crippen molar-refractivity contribution in [3.8, 4) is 5.75 Å². The summed E-state index contributed by atoms with van der Waals surface area (Å²) in [7, 11) is 1.61. The second-order valence-electron chi connectivity index (χ2n) is 5.20. The molecule has 0 aliphatic rings. The van der Waals surface area contributed by atoms with E-state index in [1.54, 1.807) is 7.11 Å².